The average Bonchev–Trinajstić information content (AvgIpc) is 2.47. The molecule has 2 amide bonds. The van der Waals surface area contributed by atoms with Gasteiger partial charge in [0.1, 0.15) is 16.3 Å². The number of rotatable bonds is 3. The summed E-state index contributed by atoms with van der Waals surface area (Å²) >= 11 is 11.1. The summed E-state index contributed by atoms with van der Waals surface area (Å²) < 4.78 is 5.16. The van der Waals surface area contributed by atoms with Crippen molar-refractivity contribution in [2.75, 3.05) is 19.0 Å². The van der Waals surface area contributed by atoms with Crippen LogP contribution < -0.4 is 10.1 Å². The molecule has 0 atom stereocenters. The summed E-state index contributed by atoms with van der Waals surface area (Å²) in [6.45, 7) is -0.118. The van der Waals surface area contributed by atoms with E-state index in [-0.39, 0.29) is 29.3 Å². The van der Waals surface area contributed by atoms with Gasteiger partial charge in [0.25, 0.3) is 5.91 Å². The molecule has 7 nitrogen and oxygen atoms in total. The number of carboxylic acid groups (broad SMARTS) is 1. The molecule has 1 aromatic carbocycles. The van der Waals surface area contributed by atoms with Crippen molar-refractivity contribution in [3.8, 4) is 5.75 Å². The molecule has 0 fully saturated rings. The Bertz CT molecular complexity index is 719. The van der Waals surface area contributed by atoms with Crippen LogP contribution in [0.2, 0.25) is 5.02 Å². The summed E-state index contributed by atoms with van der Waals surface area (Å²) in [5.74, 6) is -0.819. The SMILES string of the molecule is COc1c(Cl)cccc1NC(=S)C1=C(O)CCN(C(=O)O)C1=O. The number of halogens is 1. The van der Waals surface area contributed by atoms with E-state index in [1.807, 2.05) is 0 Å². The van der Waals surface area contributed by atoms with Crippen molar-refractivity contribution in [1.82, 2.24) is 4.90 Å². The van der Waals surface area contributed by atoms with Crippen molar-refractivity contribution in [2.24, 2.45) is 0 Å². The summed E-state index contributed by atoms with van der Waals surface area (Å²) in [7, 11) is 1.42. The van der Waals surface area contributed by atoms with Gasteiger partial charge in [-0.1, -0.05) is 29.9 Å². The number of benzene rings is 1. The Morgan fingerprint density at radius 2 is 2.17 bits per heavy atom. The van der Waals surface area contributed by atoms with Gasteiger partial charge >= 0.3 is 6.09 Å². The number of imide groups is 1. The zero-order chi connectivity index (χ0) is 17.1. The number of anilines is 1. The fourth-order valence-corrected chi connectivity index (χ4v) is 2.68. The predicted molar refractivity (Wildman–Crippen MR) is 88.2 cm³/mol. The first-order valence-corrected chi connectivity index (χ1v) is 7.26. The van der Waals surface area contributed by atoms with Gasteiger partial charge in [0.15, 0.2) is 5.75 Å². The molecule has 0 spiro atoms. The van der Waals surface area contributed by atoms with Crippen LogP contribution in [0, 0.1) is 0 Å². The van der Waals surface area contributed by atoms with Crippen LogP contribution in [0.25, 0.3) is 0 Å². The molecule has 0 saturated heterocycles. The smallest absolute Gasteiger partial charge is 0.414 e. The van der Waals surface area contributed by atoms with Gasteiger partial charge in [-0.3, -0.25) is 4.79 Å². The Labute approximate surface area is 142 Å². The first kappa shape index (κ1) is 17.0. The van der Waals surface area contributed by atoms with E-state index in [9.17, 15) is 14.7 Å². The minimum Gasteiger partial charge on any atom is -0.511 e. The van der Waals surface area contributed by atoms with Gasteiger partial charge in [-0.05, 0) is 12.1 Å². The number of carbonyl (C=O) groups is 2. The number of nitrogens with one attached hydrogen (secondary N) is 1. The van der Waals surface area contributed by atoms with Gasteiger partial charge in [0.2, 0.25) is 0 Å². The fourth-order valence-electron chi connectivity index (χ4n) is 2.11. The topological polar surface area (TPSA) is 99.1 Å². The lowest BCUT2D eigenvalue weighted by molar-refractivity contribution is -0.125. The molecule has 0 aliphatic carbocycles. The molecule has 122 valence electrons. The summed E-state index contributed by atoms with van der Waals surface area (Å²) in [6.07, 6.45) is -1.40. The van der Waals surface area contributed by atoms with Gasteiger partial charge < -0.3 is 20.3 Å². The number of hydrogen-bond donors (Lipinski definition) is 3. The second-order valence-electron chi connectivity index (χ2n) is 4.59. The van der Waals surface area contributed by atoms with Crippen molar-refractivity contribution in [3.05, 3.63) is 34.6 Å². The third kappa shape index (κ3) is 3.38. The van der Waals surface area contributed by atoms with E-state index in [0.29, 0.717) is 21.4 Å². The van der Waals surface area contributed by atoms with Crippen LogP contribution >= 0.6 is 23.8 Å². The van der Waals surface area contributed by atoms with Crippen molar-refractivity contribution >= 4 is 46.5 Å². The number of amides is 2. The number of aliphatic hydroxyl groups excluding tert-OH is 1. The lowest BCUT2D eigenvalue weighted by Gasteiger charge is -2.25. The number of para-hydroxylation sites is 1. The molecule has 9 heteroatoms. The number of ether oxygens (including phenoxy) is 1. The molecule has 1 aliphatic heterocycles. The summed E-state index contributed by atoms with van der Waals surface area (Å²) in [5, 5.41) is 22.0. The van der Waals surface area contributed by atoms with Gasteiger partial charge in [-0.2, -0.15) is 0 Å². The molecule has 23 heavy (non-hydrogen) atoms. The lowest BCUT2D eigenvalue weighted by Crippen LogP contribution is -2.43. The summed E-state index contributed by atoms with van der Waals surface area (Å²) in [6, 6.07) is 4.89. The quantitative estimate of drug-likeness (QED) is 0.716. The number of nitrogens with zero attached hydrogens (tertiary/aromatic N) is 1. The van der Waals surface area contributed by atoms with Gasteiger partial charge in [-0.25, -0.2) is 9.69 Å². The maximum Gasteiger partial charge on any atom is 0.414 e. The molecule has 0 saturated carbocycles. The highest BCUT2D eigenvalue weighted by Gasteiger charge is 2.33. The van der Waals surface area contributed by atoms with Crippen LogP contribution in [0.1, 0.15) is 6.42 Å². The second-order valence-corrected chi connectivity index (χ2v) is 5.40. The highest BCUT2D eigenvalue weighted by atomic mass is 35.5. The molecule has 0 unspecified atom stereocenters. The first-order valence-electron chi connectivity index (χ1n) is 6.47. The largest absolute Gasteiger partial charge is 0.511 e. The molecular weight excluding hydrogens is 344 g/mol. The average molecular weight is 357 g/mol. The number of thiocarbonyl (C=S) groups is 1. The predicted octanol–water partition coefficient (Wildman–Crippen LogP) is 2.81. The van der Waals surface area contributed by atoms with Crippen molar-refractivity contribution < 1.29 is 24.5 Å². The van der Waals surface area contributed by atoms with Crippen LogP contribution in [0.4, 0.5) is 10.5 Å². The van der Waals surface area contributed by atoms with Crippen LogP contribution in [0.15, 0.2) is 29.5 Å². The molecule has 0 radical (unpaired) electrons. The van der Waals surface area contributed by atoms with E-state index in [0.717, 1.165) is 0 Å². The summed E-state index contributed by atoms with van der Waals surface area (Å²) in [4.78, 5) is 23.7. The Morgan fingerprint density at radius 3 is 2.78 bits per heavy atom. The number of carbonyl (C=O) groups excluding carboxylic acids is 1. The first-order chi connectivity index (χ1) is 10.9. The molecule has 0 aromatic heterocycles. The van der Waals surface area contributed by atoms with Gasteiger partial charge in [-0.15, -0.1) is 0 Å². The van der Waals surface area contributed by atoms with Crippen molar-refractivity contribution in [2.45, 2.75) is 6.42 Å². The minimum atomic E-state index is -1.40. The Kier molecular flexibility index (Phi) is 5.07. The van der Waals surface area contributed by atoms with Crippen LogP contribution in [0.3, 0.4) is 0 Å². The zero-order valence-corrected chi connectivity index (χ0v) is 13.6. The van der Waals surface area contributed by atoms with Gasteiger partial charge in [0.05, 0.1) is 17.8 Å². The van der Waals surface area contributed by atoms with Crippen LogP contribution in [0.5, 0.6) is 5.75 Å². The maximum absolute atomic E-state index is 12.2. The number of aliphatic hydroxyl groups is 1. The van der Waals surface area contributed by atoms with E-state index in [1.54, 1.807) is 18.2 Å². The Hall–Kier alpha value is -2.32. The highest BCUT2D eigenvalue weighted by Crippen LogP contribution is 2.33. The van der Waals surface area contributed by atoms with E-state index >= 15 is 0 Å². The standard InChI is InChI=1S/C14H13ClN2O5S/c1-22-11-7(15)3-2-4-8(11)16-12(23)10-9(18)5-6-17(13(10)19)14(20)21/h2-4,18H,5-6H2,1H3,(H,16,23)(H,20,21). The molecule has 3 N–H and O–H groups in total. The second kappa shape index (κ2) is 6.84. The van der Waals surface area contributed by atoms with E-state index in [4.69, 9.17) is 33.7 Å². The minimum absolute atomic E-state index is 0.00186. The normalized spacial score (nSPS) is 14.7. The van der Waals surface area contributed by atoms with Gasteiger partial charge in [0, 0.05) is 13.0 Å². The van der Waals surface area contributed by atoms with Crippen LogP contribution in [-0.4, -0.2) is 45.8 Å². The fraction of sp³-hybridized carbons (Fsp3) is 0.214. The summed E-state index contributed by atoms with van der Waals surface area (Å²) in [5.41, 5.74) is 0.140. The molecule has 1 aliphatic rings. The van der Waals surface area contributed by atoms with Crippen LogP contribution in [-0.2, 0) is 4.79 Å². The molecule has 2 rings (SSSR count). The highest BCUT2D eigenvalue weighted by molar-refractivity contribution is 7.81. The molecule has 1 heterocycles. The molecular formula is C14H13ClN2O5S. The molecule has 0 bridgehead atoms. The third-order valence-corrected chi connectivity index (χ3v) is 3.80. The lowest BCUT2D eigenvalue weighted by atomic mass is 10.1. The Morgan fingerprint density at radius 1 is 1.48 bits per heavy atom. The monoisotopic (exact) mass is 356 g/mol. The third-order valence-electron chi connectivity index (χ3n) is 3.20. The molecule has 1 aromatic rings. The Balaban J connectivity index is 2.32. The van der Waals surface area contributed by atoms with E-state index in [2.05, 4.69) is 5.32 Å². The number of methoxy groups -OCH3 is 1. The van der Waals surface area contributed by atoms with Crippen molar-refractivity contribution in [3.63, 3.8) is 0 Å². The zero-order valence-electron chi connectivity index (χ0n) is 12.0. The maximum atomic E-state index is 12.2. The number of hydrogen-bond acceptors (Lipinski definition) is 5. The van der Waals surface area contributed by atoms with E-state index < -0.39 is 12.0 Å². The van der Waals surface area contributed by atoms with Crippen molar-refractivity contribution in [1.29, 1.82) is 0 Å². The van der Waals surface area contributed by atoms with E-state index in [1.165, 1.54) is 7.11 Å².